The first kappa shape index (κ1) is 38.0. The van der Waals surface area contributed by atoms with Crippen LogP contribution in [0, 0.1) is 0 Å². The molecule has 0 fully saturated rings. The third kappa shape index (κ3) is 6.87. The maximum absolute atomic E-state index is 2.40. The van der Waals surface area contributed by atoms with Gasteiger partial charge in [-0.05, 0) is 128 Å². The van der Waals surface area contributed by atoms with Gasteiger partial charge >= 0.3 is 0 Å². The van der Waals surface area contributed by atoms with Gasteiger partial charge in [0.25, 0.3) is 0 Å². The number of anilines is 6. The van der Waals surface area contributed by atoms with E-state index in [1.165, 1.54) is 66.4 Å². The highest BCUT2D eigenvalue weighted by atomic mass is 15.1. The predicted molar refractivity (Wildman–Crippen MR) is 267 cm³/mol. The molecule has 10 aromatic rings. The van der Waals surface area contributed by atoms with Crippen molar-refractivity contribution in [2.75, 3.05) is 9.80 Å². The van der Waals surface area contributed by atoms with Crippen LogP contribution in [0.25, 0.3) is 55.3 Å². The molecule has 300 valence electrons. The lowest BCUT2D eigenvalue weighted by Crippen LogP contribution is -2.16. The fourth-order valence-electron chi connectivity index (χ4n) is 9.67. The van der Waals surface area contributed by atoms with Crippen molar-refractivity contribution in [3.05, 3.63) is 254 Å². The summed E-state index contributed by atoms with van der Waals surface area (Å²) in [6.07, 6.45) is 0. The molecule has 1 aliphatic rings. The molecule has 0 saturated heterocycles. The van der Waals surface area contributed by atoms with Crippen LogP contribution in [0.5, 0.6) is 0 Å². The van der Waals surface area contributed by atoms with Gasteiger partial charge in [-0.3, -0.25) is 0 Å². The average molecular weight is 807 g/mol. The predicted octanol–water partition coefficient (Wildman–Crippen LogP) is 17.1. The largest absolute Gasteiger partial charge is 0.310 e. The van der Waals surface area contributed by atoms with Crippen LogP contribution in [0.15, 0.2) is 243 Å². The van der Waals surface area contributed by atoms with Crippen LogP contribution in [-0.2, 0) is 5.41 Å². The minimum absolute atomic E-state index is 0.0891. The fourth-order valence-corrected chi connectivity index (χ4v) is 9.67. The summed E-state index contributed by atoms with van der Waals surface area (Å²) in [7, 11) is 0. The van der Waals surface area contributed by atoms with Gasteiger partial charge in [-0.2, -0.15) is 0 Å². The van der Waals surface area contributed by atoms with Crippen molar-refractivity contribution < 1.29 is 0 Å². The second kappa shape index (κ2) is 15.8. The highest BCUT2D eigenvalue weighted by Crippen LogP contribution is 2.51. The molecule has 0 aliphatic heterocycles. The van der Waals surface area contributed by atoms with Crippen LogP contribution < -0.4 is 9.80 Å². The van der Waals surface area contributed by atoms with E-state index >= 15 is 0 Å². The molecule has 1 aliphatic carbocycles. The van der Waals surface area contributed by atoms with Crippen molar-refractivity contribution in [1.29, 1.82) is 0 Å². The van der Waals surface area contributed by atoms with Crippen LogP contribution in [0.4, 0.5) is 34.1 Å². The van der Waals surface area contributed by atoms with Gasteiger partial charge in [0.15, 0.2) is 0 Å². The van der Waals surface area contributed by atoms with E-state index in [0.717, 1.165) is 34.1 Å². The molecule has 0 N–H and O–H groups in total. The van der Waals surface area contributed by atoms with E-state index in [1.54, 1.807) is 0 Å². The lowest BCUT2D eigenvalue weighted by atomic mass is 9.82. The highest BCUT2D eigenvalue weighted by Gasteiger charge is 2.35. The molecule has 0 saturated carbocycles. The maximum Gasteiger partial charge on any atom is 0.0540 e. The summed E-state index contributed by atoms with van der Waals surface area (Å²) in [6.45, 7) is 4.70. The Kier molecular flexibility index (Phi) is 9.55. The van der Waals surface area contributed by atoms with E-state index in [-0.39, 0.29) is 5.41 Å². The lowest BCUT2D eigenvalue weighted by Gasteiger charge is -2.28. The molecule has 10 aromatic carbocycles. The zero-order valence-electron chi connectivity index (χ0n) is 35.5. The average Bonchev–Trinajstić information content (AvgIpc) is 3.58. The molecule has 63 heavy (non-hydrogen) atoms. The van der Waals surface area contributed by atoms with Crippen LogP contribution >= 0.6 is 0 Å². The number of hydrogen-bond donors (Lipinski definition) is 0. The Labute approximate surface area is 370 Å². The van der Waals surface area contributed by atoms with Gasteiger partial charge in [-0.25, -0.2) is 0 Å². The van der Waals surface area contributed by atoms with Crippen LogP contribution in [0.3, 0.4) is 0 Å². The third-order valence-electron chi connectivity index (χ3n) is 12.9. The van der Waals surface area contributed by atoms with Crippen molar-refractivity contribution in [3.8, 4) is 44.5 Å². The Morgan fingerprint density at radius 1 is 0.270 bits per heavy atom. The smallest absolute Gasteiger partial charge is 0.0540 e. The quantitative estimate of drug-likeness (QED) is 0.143. The van der Waals surface area contributed by atoms with Crippen molar-refractivity contribution in [1.82, 2.24) is 0 Å². The second-order valence-corrected chi connectivity index (χ2v) is 17.0. The summed E-state index contributed by atoms with van der Waals surface area (Å²) >= 11 is 0. The summed E-state index contributed by atoms with van der Waals surface area (Å²) in [5.41, 5.74) is 19.2. The van der Waals surface area contributed by atoms with E-state index in [0.29, 0.717) is 0 Å². The summed E-state index contributed by atoms with van der Waals surface area (Å²) in [5.74, 6) is 0. The van der Waals surface area contributed by atoms with Crippen molar-refractivity contribution in [2.45, 2.75) is 19.3 Å². The number of para-hydroxylation sites is 1. The molecule has 11 rings (SSSR count). The summed E-state index contributed by atoms with van der Waals surface area (Å²) in [4.78, 5) is 4.78. The molecule has 2 heteroatoms. The Hall–Kier alpha value is -7.94. The normalized spacial score (nSPS) is 12.4. The van der Waals surface area contributed by atoms with E-state index in [9.17, 15) is 0 Å². The summed E-state index contributed by atoms with van der Waals surface area (Å²) in [5, 5.41) is 2.39. The first-order valence-electron chi connectivity index (χ1n) is 21.8. The Morgan fingerprint density at radius 3 is 1.29 bits per heavy atom. The number of hydrogen-bond acceptors (Lipinski definition) is 2. The molecular formula is C61H46N2. The number of benzene rings is 10. The molecule has 0 heterocycles. The molecule has 2 nitrogen and oxygen atoms in total. The molecule has 0 amide bonds. The van der Waals surface area contributed by atoms with Crippen molar-refractivity contribution in [3.63, 3.8) is 0 Å². The molecule has 0 aromatic heterocycles. The Bertz CT molecular complexity index is 3130. The Balaban J connectivity index is 0.985. The van der Waals surface area contributed by atoms with Gasteiger partial charge in [0.2, 0.25) is 0 Å². The standard InChI is InChI=1S/C61H46N2/c1-61(2)58-25-15-14-23-55(58)56-39-38-52(42-59(56)61)62(48-20-10-5-11-21-48)49-36-30-47(31-37-49)53-40-41-60(57-24-13-12-22-54(53)57)63(50-32-26-45(27-33-50)43-16-6-3-7-17-43)51-34-28-46(29-35-51)44-18-8-4-9-19-44/h3-42H,1-2H3. The van der Waals surface area contributed by atoms with E-state index < -0.39 is 0 Å². The van der Waals surface area contributed by atoms with E-state index in [4.69, 9.17) is 0 Å². The maximum atomic E-state index is 2.40. The van der Waals surface area contributed by atoms with E-state index in [2.05, 4.69) is 266 Å². The zero-order chi connectivity index (χ0) is 42.3. The van der Waals surface area contributed by atoms with Crippen molar-refractivity contribution >= 4 is 44.9 Å². The van der Waals surface area contributed by atoms with Crippen LogP contribution in [-0.4, -0.2) is 0 Å². The molecule has 0 unspecified atom stereocenters. The molecule has 0 bridgehead atoms. The molecular weight excluding hydrogens is 761 g/mol. The zero-order valence-corrected chi connectivity index (χ0v) is 35.5. The van der Waals surface area contributed by atoms with Crippen molar-refractivity contribution in [2.24, 2.45) is 0 Å². The molecule has 0 radical (unpaired) electrons. The lowest BCUT2D eigenvalue weighted by molar-refractivity contribution is 0.660. The summed E-state index contributed by atoms with van der Waals surface area (Å²) in [6, 6.07) is 88.2. The number of rotatable bonds is 9. The molecule has 0 atom stereocenters. The van der Waals surface area contributed by atoms with Gasteiger partial charge in [-0.15, -0.1) is 0 Å². The van der Waals surface area contributed by atoms with Gasteiger partial charge in [0.1, 0.15) is 0 Å². The van der Waals surface area contributed by atoms with Crippen LogP contribution in [0.2, 0.25) is 0 Å². The van der Waals surface area contributed by atoms with Gasteiger partial charge in [0.05, 0.1) is 5.69 Å². The van der Waals surface area contributed by atoms with Gasteiger partial charge in [-0.1, -0.05) is 190 Å². The number of nitrogens with zero attached hydrogens (tertiary/aromatic N) is 2. The second-order valence-electron chi connectivity index (χ2n) is 17.0. The third-order valence-corrected chi connectivity index (χ3v) is 12.9. The summed E-state index contributed by atoms with van der Waals surface area (Å²) < 4.78 is 0. The highest BCUT2D eigenvalue weighted by molar-refractivity contribution is 6.06. The van der Waals surface area contributed by atoms with Gasteiger partial charge < -0.3 is 9.80 Å². The monoisotopic (exact) mass is 806 g/mol. The van der Waals surface area contributed by atoms with Crippen LogP contribution in [0.1, 0.15) is 25.0 Å². The Morgan fingerprint density at radius 2 is 0.683 bits per heavy atom. The topological polar surface area (TPSA) is 6.48 Å². The minimum Gasteiger partial charge on any atom is -0.310 e. The first-order valence-corrected chi connectivity index (χ1v) is 21.8. The van der Waals surface area contributed by atoms with Gasteiger partial charge in [0, 0.05) is 39.2 Å². The SMILES string of the molecule is CC1(C)c2ccccc2-c2ccc(N(c3ccccc3)c3ccc(-c4ccc(N(c5ccc(-c6ccccc6)cc5)c5ccc(-c6ccccc6)cc5)c5ccccc45)cc3)cc21. The number of fused-ring (bicyclic) bond motifs is 4. The first-order chi connectivity index (χ1) is 31.0. The van der Waals surface area contributed by atoms with E-state index in [1.807, 2.05) is 0 Å². The molecule has 0 spiro atoms. The fraction of sp³-hybridized carbons (Fsp3) is 0.0492. The minimum atomic E-state index is -0.0891.